The van der Waals surface area contributed by atoms with Gasteiger partial charge in [-0.05, 0) is 12.1 Å². The van der Waals surface area contributed by atoms with Crippen molar-refractivity contribution in [2.24, 2.45) is 0 Å². The van der Waals surface area contributed by atoms with E-state index < -0.39 is 17.9 Å². The Hall–Kier alpha value is -2.57. The maximum Gasteiger partial charge on any atom is 0.412 e. The Kier molecular flexibility index (Phi) is 4.87. The zero-order chi connectivity index (χ0) is 14.4. The number of methoxy groups -OCH3 is 1. The number of anilines is 1. The highest BCUT2D eigenvalue weighted by atomic mass is 19.1. The largest absolute Gasteiger partial charge is 0.492 e. The number of hydrogen-bond donors (Lipinski definition) is 2. The van der Waals surface area contributed by atoms with Crippen LogP contribution in [0.3, 0.4) is 0 Å². The summed E-state index contributed by atoms with van der Waals surface area (Å²) in [5.41, 5.74) is -0.613. The molecule has 0 aliphatic rings. The molecule has 1 aromatic carbocycles. The SMILES string of the molecule is C=CCOC(=O)Nc1c(C(=O)O)ccc(F)c1OC. The van der Waals surface area contributed by atoms with Crippen LogP contribution in [0.15, 0.2) is 24.8 Å². The van der Waals surface area contributed by atoms with Gasteiger partial charge in [-0.1, -0.05) is 12.7 Å². The van der Waals surface area contributed by atoms with Crippen molar-refractivity contribution in [3.63, 3.8) is 0 Å². The van der Waals surface area contributed by atoms with Crippen LogP contribution in [0.25, 0.3) is 0 Å². The normalized spacial score (nSPS) is 9.58. The fraction of sp³-hybridized carbons (Fsp3) is 0.167. The molecule has 0 aliphatic carbocycles. The second-order valence-corrected chi connectivity index (χ2v) is 3.32. The molecule has 0 bridgehead atoms. The number of aromatic carboxylic acids is 1. The smallest absolute Gasteiger partial charge is 0.412 e. The Morgan fingerprint density at radius 2 is 2.21 bits per heavy atom. The van der Waals surface area contributed by atoms with Crippen LogP contribution in [0.1, 0.15) is 10.4 Å². The van der Waals surface area contributed by atoms with Gasteiger partial charge < -0.3 is 14.6 Å². The lowest BCUT2D eigenvalue weighted by Crippen LogP contribution is -2.17. The van der Waals surface area contributed by atoms with Crippen LogP contribution in [0.2, 0.25) is 0 Å². The van der Waals surface area contributed by atoms with Crippen LogP contribution >= 0.6 is 0 Å². The van der Waals surface area contributed by atoms with Crippen LogP contribution in [0.4, 0.5) is 14.9 Å². The second kappa shape index (κ2) is 6.39. The van der Waals surface area contributed by atoms with E-state index in [1.807, 2.05) is 0 Å². The zero-order valence-corrected chi connectivity index (χ0v) is 10.1. The average Bonchev–Trinajstić information content (AvgIpc) is 2.36. The van der Waals surface area contributed by atoms with Crippen molar-refractivity contribution < 1.29 is 28.6 Å². The van der Waals surface area contributed by atoms with Crippen molar-refractivity contribution in [2.75, 3.05) is 19.0 Å². The Morgan fingerprint density at radius 1 is 1.53 bits per heavy atom. The van der Waals surface area contributed by atoms with Crippen LogP contribution in [-0.2, 0) is 4.74 Å². The number of hydrogen-bond acceptors (Lipinski definition) is 4. The van der Waals surface area contributed by atoms with Crippen molar-refractivity contribution in [1.82, 2.24) is 0 Å². The van der Waals surface area contributed by atoms with Gasteiger partial charge >= 0.3 is 12.1 Å². The van der Waals surface area contributed by atoms with E-state index in [9.17, 15) is 14.0 Å². The molecule has 0 radical (unpaired) electrons. The van der Waals surface area contributed by atoms with E-state index in [1.54, 1.807) is 0 Å². The van der Waals surface area contributed by atoms with Crippen LogP contribution < -0.4 is 10.1 Å². The van der Waals surface area contributed by atoms with Gasteiger partial charge in [0.2, 0.25) is 0 Å². The number of carbonyl (C=O) groups excluding carboxylic acids is 1. The van der Waals surface area contributed by atoms with Gasteiger partial charge in [-0.25, -0.2) is 14.0 Å². The molecule has 0 unspecified atom stereocenters. The molecular formula is C12H12FNO5. The van der Waals surface area contributed by atoms with E-state index in [0.29, 0.717) is 0 Å². The molecule has 0 fully saturated rings. The first kappa shape index (κ1) is 14.5. The van der Waals surface area contributed by atoms with Gasteiger partial charge in [-0.15, -0.1) is 0 Å². The number of benzene rings is 1. The predicted molar refractivity (Wildman–Crippen MR) is 65.1 cm³/mol. The Morgan fingerprint density at radius 3 is 2.74 bits per heavy atom. The molecule has 102 valence electrons. The molecule has 1 amide bonds. The molecule has 0 heterocycles. The van der Waals surface area contributed by atoms with E-state index >= 15 is 0 Å². The summed E-state index contributed by atoms with van der Waals surface area (Å²) in [5.74, 6) is -2.51. The predicted octanol–water partition coefficient (Wildman–Crippen LogP) is 2.27. The highest BCUT2D eigenvalue weighted by Gasteiger charge is 2.21. The number of carboxylic acid groups (broad SMARTS) is 1. The maximum absolute atomic E-state index is 13.5. The molecule has 0 saturated carbocycles. The third-order valence-electron chi connectivity index (χ3n) is 2.10. The third kappa shape index (κ3) is 3.44. The average molecular weight is 269 g/mol. The first-order valence-electron chi connectivity index (χ1n) is 5.15. The third-order valence-corrected chi connectivity index (χ3v) is 2.10. The summed E-state index contributed by atoms with van der Waals surface area (Å²) < 4.78 is 22.8. The van der Waals surface area contributed by atoms with E-state index in [4.69, 9.17) is 9.84 Å². The van der Waals surface area contributed by atoms with Crippen molar-refractivity contribution in [3.05, 3.63) is 36.2 Å². The standard InChI is InChI=1S/C12H12FNO5/c1-3-6-19-12(17)14-9-7(11(15)16)4-5-8(13)10(9)18-2/h3-5H,1,6H2,2H3,(H,14,17)(H,15,16). The number of carbonyl (C=O) groups is 2. The lowest BCUT2D eigenvalue weighted by atomic mass is 10.1. The molecular weight excluding hydrogens is 257 g/mol. The topological polar surface area (TPSA) is 84.9 Å². The quantitative estimate of drug-likeness (QED) is 0.801. The highest BCUT2D eigenvalue weighted by molar-refractivity contribution is 6.00. The molecule has 6 nitrogen and oxygen atoms in total. The number of nitrogens with one attached hydrogen (secondary N) is 1. The lowest BCUT2D eigenvalue weighted by molar-refractivity contribution is 0.0697. The fourth-order valence-electron chi connectivity index (χ4n) is 1.33. The lowest BCUT2D eigenvalue weighted by Gasteiger charge is -2.13. The van der Waals surface area contributed by atoms with Gasteiger partial charge in [0, 0.05) is 0 Å². The van der Waals surface area contributed by atoms with Gasteiger partial charge in [0.1, 0.15) is 12.3 Å². The van der Waals surface area contributed by atoms with Crippen LogP contribution in [-0.4, -0.2) is 30.9 Å². The summed E-state index contributed by atoms with van der Waals surface area (Å²) in [6.07, 6.45) is 0.395. The van der Waals surface area contributed by atoms with Crippen molar-refractivity contribution >= 4 is 17.7 Å². The van der Waals surface area contributed by atoms with Crippen molar-refractivity contribution in [1.29, 1.82) is 0 Å². The maximum atomic E-state index is 13.5. The van der Waals surface area contributed by atoms with Gasteiger partial charge in [-0.3, -0.25) is 5.32 Å². The Balaban J connectivity index is 3.14. The van der Waals surface area contributed by atoms with Gasteiger partial charge in [-0.2, -0.15) is 0 Å². The summed E-state index contributed by atoms with van der Waals surface area (Å²) in [7, 11) is 1.16. The Labute approximate surface area is 108 Å². The molecule has 7 heteroatoms. The number of halogens is 1. The summed E-state index contributed by atoms with van der Waals surface area (Å²) in [4.78, 5) is 22.4. The molecule has 19 heavy (non-hydrogen) atoms. The molecule has 0 aromatic heterocycles. The summed E-state index contributed by atoms with van der Waals surface area (Å²) in [5, 5.41) is 11.1. The van der Waals surface area contributed by atoms with Crippen LogP contribution in [0, 0.1) is 5.82 Å². The summed E-state index contributed by atoms with van der Waals surface area (Å²) in [6.45, 7) is 3.29. The minimum absolute atomic E-state index is 0.0636. The van der Waals surface area contributed by atoms with Gasteiger partial charge in [0.15, 0.2) is 11.6 Å². The van der Waals surface area contributed by atoms with Gasteiger partial charge in [0.25, 0.3) is 0 Å². The summed E-state index contributed by atoms with van der Waals surface area (Å²) in [6, 6.07) is 1.95. The fourth-order valence-corrected chi connectivity index (χ4v) is 1.33. The molecule has 1 rings (SSSR count). The van der Waals surface area contributed by atoms with Crippen LogP contribution in [0.5, 0.6) is 5.75 Å². The van der Waals surface area contributed by atoms with Gasteiger partial charge in [0.05, 0.1) is 12.7 Å². The second-order valence-electron chi connectivity index (χ2n) is 3.32. The number of carboxylic acids is 1. The number of rotatable bonds is 5. The molecule has 2 N–H and O–H groups in total. The van der Waals surface area contributed by atoms with E-state index in [1.165, 1.54) is 6.08 Å². The molecule has 1 aromatic rings. The van der Waals surface area contributed by atoms with E-state index in [-0.39, 0.29) is 23.6 Å². The summed E-state index contributed by atoms with van der Waals surface area (Å²) >= 11 is 0. The Bertz CT molecular complexity index is 515. The minimum atomic E-state index is -1.34. The molecule has 0 atom stereocenters. The minimum Gasteiger partial charge on any atom is -0.492 e. The number of amides is 1. The highest BCUT2D eigenvalue weighted by Crippen LogP contribution is 2.31. The first-order chi connectivity index (χ1) is 9.01. The monoisotopic (exact) mass is 269 g/mol. The van der Waals surface area contributed by atoms with Crippen molar-refractivity contribution in [3.8, 4) is 5.75 Å². The zero-order valence-electron chi connectivity index (χ0n) is 10.1. The molecule has 0 saturated heterocycles. The molecule has 0 spiro atoms. The van der Waals surface area contributed by atoms with Crippen molar-refractivity contribution in [2.45, 2.75) is 0 Å². The number of ether oxygens (including phenoxy) is 2. The van der Waals surface area contributed by atoms with E-state index in [0.717, 1.165) is 19.2 Å². The first-order valence-corrected chi connectivity index (χ1v) is 5.15. The van der Waals surface area contributed by atoms with E-state index in [2.05, 4.69) is 16.6 Å². The molecule has 0 aliphatic heterocycles.